The van der Waals surface area contributed by atoms with Crippen molar-refractivity contribution in [3.05, 3.63) is 242 Å². The molecule has 5 aliphatic rings. The molecule has 0 radical (unpaired) electrons. The fourth-order valence-electron chi connectivity index (χ4n) is 11.1. The van der Waals surface area contributed by atoms with Crippen LogP contribution in [0.4, 0.5) is 51.2 Å². The highest BCUT2D eigenvalue weighted by atomic mass is 32.2. The minimum Gasteiger partial charge on any atom is -0.458 e. The van der Waals surface area contributed by atoms with E-state index in [9.17, 15) is 0 Å². The molecular weight excluding hydrogens is 848 g/mol. The largest absolute Gasteiger partial charge is 0.458 e. The van der Waals surface area contributed by atoms with E-state index in [0.717, 1.165) is 73.6 Å². The summed E-state index contributed by atoms with van der Waals surface area (Å²) in [4.78, 5) is 8.42. The molecule has 0 amide bonds. The smallest absolute Gasteiger partial charge is 0.366 e. The average molecular weight is 890 g/mol. The number of allylic oxidation sites excluding steroid dienone is 2. The van der Waals surface area contributed by atoms with Crippen LogP contribution in [0.1, 0.15) is 11.5 Å². The Morgan fingerprint density at radius 3 is 1.68 bits per heavy atom. The summed E-state index contributed by atoms with van der Waals surface area (Å²) in [5, 5.41) is 0. The van der Waals surface area contributed by atoms with Crippen molar-refractivity contribution in [3.63, 3.8) is 0 Å². The summed E-state index contributed by atoms with van der Waals surface area (Å²) >= 11 is 1.92. The highest BCUT2D eigenvalue weighted by molar-refractivity contribution is 8.28. The lowest BCUT2D eigenvalue weighted by Gasteiger charge is -2.45. The van der Waals surface area contributed by atoms with E-state index >= 15 is 0 Å². The fourth-order valence-corrected chi connectivity index (χ4v) is 12.5. The maximum Gasteiger partial charge on any atom is 0.366 e. The summed E-state index contributed by atoms with van der Waals surface area (Å²) in [5.74, 6) is 1.76. The third-order valence-electron chi connectivity index (χ3n) is 14.0. The number of hydrogen-bond donors (Lipinski definition) is 0. The molecule has 1 aliphatic carbocycles. The Morgan fingerprint density at radius 2 is 1.03 bits per heavy atom. The molecule has 4 aliphatic heterocycles. The molecule has 8 heteroatoms. The van der Waals surface area contributed by atoms with Crippen molar-refractivity contribution in [2.45, 2.75) is 16.9 Å². The number of para-hydroxylation sites is 5. The van der Waals surface area contributed by atoms with Crippen LogP contribution in [0.2, 0.25) is 0 Å². The van der Waals surface area contributed by atoms with Crippen LogP contribution in [0.5, 0.6) is 11.5 Å². The van der Waals surface area contributed by atoms with E-state index in [4.69, 9.17) is 9.39 Å². The topological polar surface area (TPSA) is 28.2 Å². The zero-order valence-corrected chi connectivity index (χ0v) is 37.7. The van der Waals surface area contributed by atoms with Crippen molar-refractivity contribution in [3.8, 4) is 22.6 Å². The van der Waals surface area contributed by atoms with E-state index in [1.54, 1.807) is 0 Å². The summed E-state index contributed by atoms with van der Waals surface area (Å²) in [6.07, 6.45) is 8.73. The normalized spacial score (nSPS) is 16.3. The number of anilines is 9. The summed E-state index contributed by atoms with van der Waals surface area (Å²) in [5.41, 5.74) is 18.1. The van der Waals surface area contributed by atoms with Gasteiger partial charge < -0.3 is 24.1 Å². The predicted molar refractivity (Wildman–Crippen MR) is 284 cm³/mol. The average Bonchev–Trinajstić information content (AvgIpc) is 3.40. The van der Waals surface area contributed by atoms with Gasteiger partial charge in [0.15, 0.2) is 0 Å². The van der Waals surface area contributed by atoms with Gasteiger partial charge in [0, 0.05) is 68.4 Å². The summed E-state index contributed by atoms with van der Waals surface area (Å²) in [6.45, 7) is -0.317. The second-order valence-electron chi connectivity index (χ2n) is 17.9. The Morgan fingerprint density at radius 1 is 0.456 bits per heavy atom. The molecule has 0 saturated carbocycles. The molecule has 0 saturated heterocycles. The minimum atomic E-state index is -0.317. The minimum absolute atomic E-state index is 0.00697. The molecule has 0 N–H and O–H groups in total. The quantitative estimate of drug-likeness (QED) is 0.148. The first-order valence-corrected chi connectivity index (χ1v) is 24.2. The monoisotopic (exact) mass is 889 g/mol. The van der Waals surface area contributed by atoms with Gasteiger partial charge in [0.05, 0.1) is 11.8 Å². The van der Waals surface area contributed by atoms with Gasteiger partial charge in [0.2, 0.25) is 0 Å². The number of hydrogen-bond acceptors (Lipinski definition) is 6. The van der Waals surface area contributed by atoms with E-state index in [1.165, 1.54) is 32.5 Å². The Hall–Kier alpha value is -7.90. The van der Waals surface area contributed by atoms with Crippen LogP contribution < -0.4 is 41.3 Å². The first-order chi connectivity index (χ1) is 33.7. The van der Waals surface area contributed by atoms with Crippen LogP contribution in [0, 0.1) is 0 Å². The molecule has 0 spiro atoms. The summed E-state index contributed by atoms with van der Waals surface area (Å²) < 4.78 is 14.8. The molecule has 0 bridgehead atoms. The SMILES string of the molecule is C1=CC2OB3c4cc5c(cc4N(c4ccccc4)c4cc(N(c6ccccc6)c6ccccc6)cc(c43)C2C=C1)Oc1cc(N(c2ccccc2)c2ccccc2)cc2c1B5Sc1ccccc1-2. The molecule has 14 rings (SSSR count). The molecule has 2 unspecified atom stereocenters. The molecule has 9 aromatic carbocycles. The number of benzene rings is 9. The predicted octanol–water partition coefficient (Wildman–Crippen LogP) is 13.1. The second kappa shape index (κ2) is 15.9. The molecular formula is C60H41B2N3O2S. The van der Waals surface area contributed by atoms with E-state index in [1.807, 2.05) is 11.6 Å². The lowest BCUT2D eigenvalue weighted by atomic mass is 9.46. The molecule has 9 aromatic rings. The summed E-state index contributed by atoms with van der Waals surface area (Å²) in [7, 11) is 0. The molecule has 0 aromatic heterocycles. The van der Waals surface area contributed by atoms with Crippen molar-refractivity contribution in [2.24, 2.45) is 0 Å². The number of rotatable bonds is 7. The van der Waals surface area contributed by atoms with Gasteiger partial charge in [0.1, 0.15) is 11.5 Å². The van der Waals surface area contributed by atoms with E-state index in [2.05, 4.69) is 251 Å². The van der Waals surface area contributed by atoms with Gasteiger partial charge in [-0.1, -0.05) is 140 Å². The van der Waals surface area contributed by atoms with Crippen LogP contribution in [0.25, 0.3) is 11.1 Å². The van der Waals surface area contributed by atoms with Crippen LogP contribution >= 0.6 is 11.6 Å². The number of nitrogens with zero attached hydrogens (tertiary/aromatic N) is 3. The third kappa shape index (κ3) is 6.25. The van der Waals surface area contributed by atoms with Gasteiger partial charge in [0.25, 0.3) is 5.99 Å². The van der Waals surface area contributed by atoms with Crippen molar-refractivity contribution in [1.29, 1.82) is 0 Å². The van der Waals surface area contributed by atoms with Gasteiger partial charge in [-0.25, -0.2) is 0 Å². The number of ether oxygens (including phenoxy) is 1. The van der Waals surface area contributed by atoms with E-state index < -0.39 is 0 Å². The lowest BCUT2D eigenvalue weighted by molar-refractivity contribution is 0.234. The molecule has 68 heavy (non-hydrogen) atoms. The van der Waals surface area contributed by atoms with Crippen LogP contribution in [0.15, 0.2) is 242 Å². The molecule has 320 valence electrons. The maximum atomic E-state index is 7.40. The Labute approximate surface area is 401 Å². The molecule has 2 atom stereocenters. The van der Waals surface area contributed by atoms with Crippen molar-refractivity contribution in [1.82, 2.24) is 0 Å². The van der Waals surface area contributed by atoms with Gasteiger partial charge in [-0.2, -0.15) is 11.6 Å². The first-order valence-electron chi connectivity index (χ1n) is 23.4. The van der Waals surface area contributed by atoms with Gasteiger partial charge in [-0.05, 0) is 123 Å². The first kappa shape index (κ1) is 39.3. The molecule has 5 nitrogen and oxygen atoms in total. The number of fused-ring (bicyclic) bond motifs is 8. The molecule has 4 heterocycles. The van der Waals surface area contributed by atoms with E-state index in [0.29, 0.717) is 0 Å². The fraction of sp³-hybridized carbons (Fsp3) is 0.0333. The van der Waals surface area contributed by atoms with Crippen LogP contribution in [-0.4, -0.2) is 19.0 Å². The van der Waals surface area contributed by atoms with E-state index in [-0.39, 0.29) is 24.9 Å². The standard InChI is InChI=1S/C60H41B2N3O2S/c1-6-20-40(21-7-1)63(41-22-8-2-9-23-41)45-34-49-47-30-16-18-32-55(47)67-61-51-38-52-56(39-53(51)65(54(36-45)59(49)61)44-28-14-5-15-29-44)66-57-37-46(35-50-48-31-17-19-33-58(48)68-62(52)60(50)57)64(42-24-10-3-11-25-42)43-26-12-4-13-27-43/h1-39,47,55H. The zero-order chi connectivity index (χ0) is 44.7. The highest BCUT2D eigenvalue weighted by Crippen LogP contribution is 2.50. The zero-order valence-electron chi connectivity index (χ0n) is 36.9. The van der Waals surface area contributed by atoms with Crippen LogP contribution in [-0.2, 0) is 4.65 Å². The summed E-state index contributed by atoms with van der Waals surface area (Å²) in [6, 6.07) is 76.4. The van der Waals surface area contributed by atoms with Gasteiger partial charge in [-0.3, -0.25) is 0 Å². The highest BCUT2D eigenvalue weighted by Gasteiger charge is 2.48. The molecule has 0 fully saturated rings. The Bertz CT molecular complexity index is 3410. The van der Waals surface area contributed by atoms with Gasteiger partial charge in [-0.15, -0.1) is 0 Å². The Balaban J connectivity index is 0.996. The van der Waals surface area contributed by atoms with Crippen LogP contribution in [0.3, 0.4) is 0 Å². The lowest BCUT2D eigenvalue weighted by Crippen LogP contribution is -2.60. The third-order valence-corrected chi connectivity index (χ3v) is 15.3. The Kier molecular flexibility index (Phi) is 9.17. The maximum absolute atomic E-state index is 7.40. The second-order valence-corrected chi connectivity index (χ2v) is 19.0. The van der Waals surface area contributed by atoms with Gasteiger partial charge >= 0.3 is 6.92 Å². The van der Waals surface area contributed by atoms with Crippen molar-refractivity contribution >= 4 is 97.6 Å². The van der Waals surface area contributed by atoms with Crippen molar-refractivity contribution in [2.75, 3.05) is 14.7 Å². The van der Waals surface area contributed by atoms with Crippen molar-refractivity contribution < 1.29 is 9.39 Å².